The fourth-order valence-electron chi connectivity index (χ4n) is 4.15. The Hall–Kier alpha value is -2.79. The number of oxazole rings is 1. The van der Waals surface area contributed by atoms with Gasteiger partial charge in [-0.15, -0.1) is 0 Å². The van der Waals surface area contributed by atoms with Gasteiger partial charge in [0.25, 0.3) is 10.5 Å². The van der Waals surface area contributed by atoms with Gasteiger partial charge in [0, 0.05) is 30.9 Å². The molecule has 4 rings (SSSR count). The highest BCUT2D eigenvalue weighted by atomic mass is 32.1. The number of ether oxygens (including phenoxy) is 3. The second-order valence-corrected chi connectivity index (χ2v) is 7.95. The van der Waals surface area contributed by atoms with Crippen molar-refractivity contribution in [3.05, 3.63) is 63.0 Å². The largest absolute Gasteiger partial charge is 0.479 e. The summed E-state index contributed by atoms with van der Waals surface area (Å²) in [5.74, 6) is 0.366. The van der Waals surface area contributed by atoms with Crippen LogP contribution in [0.5, 0.6) is 5.75 Å². The molecule has 2 aromatic carbocycles. The molecule has 1 aliphatic rings. The first kappa shape index (κ1) is 22.4. The molecule has 1 aromatic heterocycles. The van der Waals surface area contributed by atoms with Crippen LogP contribution in [0.1, 0.15) is 32.4 Å². The Kier molecular flexibility index (Phi) is 6.04. The van der Waals surface area contributed by atoms with Gasteiger partial charge in [0.2, 0.25) is 0 Å². The zero-order chi connectivity index (χ0) is 23.0. The van der Waals surface area contributed by atoms with Crippen LogP contribution in [0, 0.1) is 15.0 Å². The van der Waals surface area contributed by atoms with E-state index in [0.717, 1.165) is 0 Å². The van der Waals surface area contributed by atoms with Crippen LogP contribution in [-0.4, -0.2) is 45.8 Å². The van der Waals surface area contributed by atoms with Crippen molar-refractivity contribution in [1.82, 2.24) is 4.57 Å². The van der Waals surface area contributed by atoms with E-state index in [4.69, 9.17) is 30.8 Å². The van der Waals surface area contributed by atoms with Crippen LogP contribution < -0.4 is 4.74 Å². The van der Waals surface area contributed by atoms with E-state index in [9.17, 15) is 15.2 Å². The van der Waals surface area contributed by atoms with Crippen LogP contribution in [0.25, 0.3) is 11.1 Å². The number of non-ortho nitro benzene ring substituents is 1. The highest BCUT2D eigenvalue weighted by Gasteiger charge is 2.54. The number of nitrogens with zero attached hydrogens (tertiary/aromatic N) is 2. The number of hydrogen-bond acceptors (Lipinski definition) is 8. The first-order valence-corrected chi connectivity index (χ1v) is 10.7. The number of para-hydroxylation sites is 2. The summed E-state index contributed by atoms with van der Waals surface area (Å²) in [5.41, 5.74) is 0.133. The third-order valence-corrected chi connectivity index (χ3v) is 5.92. The normalized spacial score (nSPS) is 22.7. The van der Waals surface area contributed by atoms with Crippen molar-refractivity contribution in [2.45, 2.75) is 44.8 Å². The summed E-state index contributed by atoms with van der Waals surface area (Å²) >= 11 is 5.49. The Morgan fingerprint density at radius 2 is 1.94 bits per heavy atom. The Morgan fingerprint density at radius 1 is 1.25 bits per heavy atom. The van der Waals surface area contributed by atoms with Crippen molar-refractivity contribution in [2.75, 3.05) is 13.2 Å². The minimum atomic E-state index is -1.34. The van der Waals surface area contributed by atoms with Gasteiger partial charge in [0.1, 0.15) is 11.9 Å². The lowest BCUT2D eigenvalue weighted by atomic mass is 9.84. The minimum absolute atomic E-state index is 0.126. The van der Waals surface area contributed by atoms with Crippen molar-refractivity contribution < 1.29 is 28.7 Å². The molecule has 3 aromatic rings. The average molecular weight is 461 g/mol. The molecule has 2 heterocycles. The molecule has 0 spiro atoms. The lowest BCUT2D eigenvalue weighted by Crippen LogP contribution is -2.61. The maximum Gasteiger partial charge on any atom is 0.270 e. The van der Waals surface area contributed by atoms with Gasteiger partial charge in [0.05, 0.1) is 16.5 Å². The second kappa shape index (κ2) is 8.62. The molecule has 0 radical (unpaired) electrons. The molecule has 170 valence electrons. The Morgan fingerprint density at radius 3 is 2.59 bits per heavy atom. The predicted octanol–water partition coefficient (Wildman–Crippen LogP) is 4.37. The molecule has 9 nitrogen and oxygen atoms in total. The minimum Gasteiger partial charge on any atom is -0.479 e. The summed E-state index contributed by atoms with van der Waals surface area (Å²) in [4.78, 5) is 11.1. The topological polar surface area (TPSA) is 109 Å². The standard InChI is InChI=1S/C22H24N2O7S/c1-4-28-20(29-5-2)22(3)19(25)18(14-12-13(24(26)27)10-11-16(14)31-22)23-15-8-6-7-9-17(15)30-21(23)32/h6-12,18-20,25H,4-5H2,1-3H3/t18-,19-,22+/m0/s1. The number of nitro groups is 1. The highest BCUT2D eigenvalue weighted by molar-refractivity contribution is 7.71. The molecule has 0 amide bonds. The number of nitro benzene ring substituents is 1. The molecular formula is C22H24N2O7S. The quantitative estimate of drug-likeness (QED) is 0.240. The Bertz CT molecular complexity index is 1200. The van der Waals surface area contributed by atoms with Crippen molar-refractivity contribution >= 4 is 29.0 Å². The third kappa shape index (κ3) is 3.58. The van der Waals surface area contributed by atoms with Crippen LogP contribution in [-0.2, 0) is 9.47 Å². The second-order valence-electron chi connectivity index (χ2n) is 7.60. The van der Waals surface area contributed by atoms with Gasteiger partial charge in [-0.2, -0.15) is 0 Å². The summed E-state index contributed by atoms with van der Waals surface area (Å²) in [6.07, 6.45) is -2.14. The molecule has 1 N–H and O–H groups in total. The van der Waals surface area contributed by atoms with E-state index >= 15 is 0 Å². The van der Waals surface area contributed by atoms with E-state index in [2.05, 4.69) is 0 Å². The molecule has 0 aliphatic carbocycles. The van der Waals surface area contributed by atoms with E-state index in [1.807, 2.05) is 32.0 Å². The first-order chi connectivity index (χ1) is 15.3. The van der Waals surface area contributed by atoms with E-state index in [-0.39, 0.29) is 10.5 Å². The number of hydrogen-bond donors (Lipinski definition) is 1. The summed E-state index contributed by atoms with van der Waals surface area (Å²) in [6, 6.07) is 10.6. The fraction of sp³-hybridized carbons (Fsp3) is 0.409. The van der Waals surface area contributed by atoms with Crippen LogP contribution >= 0.6 is 12.2 Å². The molecule has 3 atom stereocenters. The molecule has 32 heavy (non-hydrogen) atoms. The number of benzene rings is 2. The summed E-state index contributed by atoms with van der Waals surface area (Å²) in [6.45, 7) is 6.00. The Labute approximate surface area is 189 Å². The maximum atomic E-state index is 11.7. The maximum absolute atomic E-state index is 11.7. The molecule has 0 bridgehead atoms. The SMILES string of the molecule is CCOC(OCC)[C@]1(C)Oc2ccc([N+](=O)[O-])cc2[C@H](n2c(=S)oc3ccccc32)[C@@H]1O. The van der Waals surface area contributed by atoms with Gasteiger partial charge in [-0.1, -0.05) is 12.1 Å². The number of aliphatic hydroxyl groups is 1. The van der Waals surface area contributed by atoms with Crippen molar-refractivity contribution in [2.24, 2.45) is 0 Å². The number of fused-ring (bicyclic) bond motifs is 2. The first-order valence-electron chi connectivity index (χ1n) is 10.3. The summed E-state index contributed by atoms with van der Waals surface area (Å²) in [5, 5.41) is 23.1. The monoisotopic (exact) mass is 460 g/mol. The predicted molar refractivity (Wildman–Crippen MR) is 118 cm³/mol. The van der Waals surface area contributed by atoms with E-state index < -0.39 is 29.0 Å². The lowest BCUT2D eigenvalue weighted by Gasteiger charge is -2.47. The smallest absolute Gasteiger partial charge is 0.270 e. The summed E-state index contributed by atoms with van der Waals surface area (Å²) in [7, 11) is 0. The zero-order valence-electron chi connectivity index (χ0n) is 17.9. The summed E-state index contributed by atoms with van der Waals surface area (Å²) < 4.78 is 25.2. The van der Waals surface area contributed by atoms with Gasteiger partial charge in [-0.3, -0.25) is 14.7 Å². The van der Waals surface area contributed by atoms with Crippen LogP contribution in [0.4, 0.5) is 5.69 Å². The molecule has 0 saturated carbocycles. The molecule has 10 heteroatoms. The van der Waals surface area contributed by atoms with Gasteiger partial charge >= 0.3 is 0 Å². The van der Waals surface area contributed by atoms with Crippen LogP contribution in [0.2, 0.25) is 0 Å². The van der Waals surface area contributed by atoms with E-state index in [1.54, 1.807) is 17.6 Å². The Balaban J connectivity index is 1.97. The zero-order valence-corrected chi connectivity index (χ0v) is 18.7. The molecule has 0 fully saturated rings. The van der Waals surface area contributed by atoms with Crippen molar-refractivity contribution in [3.8, 4) is 5.75 Å². The van der Waals surface area contributed by atoms with Gasteiger partial charge in [-0.05, 0) is 51.2 Å². The van der Waals surface area contributed by atoms with Crippen molar-refractivity contribution in [3.63, 3.8) is 0 Å². The third-order valence-electron chi connectivity index (χ3n) is 5.64. The fourth-order valence-corrected chi connectivity index (χ4v) is 4.45. The van der Waals surface area contributed by atoms with Gasteiger partial charge in [0.15, 0.2) is 17.5 Å². The lowest BCUT2D eigenvalue weighted by molar-refractivity contribution is -0.385. The van der Waals surface area contributed by atoms with Crippen LogP contribution in [0.15, 0.2) is 46.9 Å². The average Bonchev–Trinajstić information content (AvgIpc) is 3.10. The number of aliphatic hydroxyl groups excluding tert-OH is 1. The van der Waals surface area contributed by atoms with Crippen molar-refractivity contribution in [1.29, 1.82) is 0 Å². The van der Waals surface area contributed by atoms with Crippen LogP contribution in [0.3, 0.4) is 0 Å². The van der Waals surface area contributed by atoms with Gasteiger partial charge in [-0.25, -0.2) is 0 Å². The molecular weight excluding hydrogens is 436 g/mol. The highest BCUT2D eigenvalue weighted by Crippen LogP contribution is 2.46. The molecule has 0 unspecified atom stereocenters. The molecule has 0 saturated heterocycles. The van der Waals surface area contributed by atoms with E-state index in [0.29, 0.717) is 35.6 Å². The van der Waals surface area contributed by atoms with E-state index in [1.165, 1.54) is 18.2 Å². The number of rotatable bonds is 7. The van der Waals surface area contributed by atoms with Gasteiger partial charge < -0.3 is 23.7 Å². The number of aromatic nitrogens is 1. The molecule has 1 aliphatic heterocycles.